The van der Waals surface area contributed by atoms with E-state index in [1.54, 1.807) is 0 Å². The van der Waals surface area contributed by atoms with Crippen molar-refractivity contribution >= 4 is 17.6 Å². The Labute approximate surface area is 151 Å². The van der Waals surface area contributed by atoms with E-state index in [-0.39, 0.29) is 17.9 Å². The van der Waals surface area contributed by atoms with Gasteiger partial charge in [-0.3, -0.25) is 4.79 Å². The Bertz CT molecular complexity index is 586. The summed E-state index contributed by atoms with van der Waals surface area (Å²) in [5.74, 6) is 0.705. The highest BCUT2D eigenvalue weighted by Gasteiger charge is 2.25. The number of para-hydroxylation sites is 1. The zero-order valence-corrected chi connectivity index (χ0v) is 15.7. The third kappa shape index (κ3) is 6.07. The molecule has 0 spiro atoms. The first-order chi connectivity index (χ1) is 12.0. The molecule has 2 rings (SSSR count). The minimum Gasteiger partial charge on any atom is -0.338 e. The maximum atomic E-state index is 12.4. The monoisotopic (exact) mass is 345 g/mol. The van der Waals surface area contributed by atoms with Gasteiger partial charge in [-0.1, -0.05) is 39.0 Å². The first-order valence-corrected chi connectivity index (χ1v) is 9.40. The van der Waals surface area contributed by atoms with Gasteiger partial charge in [-0.15, -0.1) is 0 Å². The smallest absolute Gasteiger partial charge is 0.317 e. The minimum absolute atomic E-state index is 0.00450. The second-order valence-corrected chi connectivity index (χ2v) is 7.30. The highest BCUT2D eigenvalue weighted by Crippen LogP contribution is 2.22. The van der Waals surface area contributed by atoms with E-state index in [1.807, 2.05) is 29.2 Å². The summed E-state index contributed by atoms with van der Waals surface area (Å²) in [5.41, 5.74) is 2.05. The van der Waals surface area contributed by atoms with Crippen LogP contribution in [0, 0.1) is 11.8 Å². The lowest BCUT2D eigenvalue weighted by Gasteiger charge is -2.32. The highest BCUT2D eigenvalue weighted by molar-refractivity contribution is 5.91. The molecule has 0 bridgehead atoms. The van der Waals surface area contributed by atoms with Crippen LogP contribution < -0.4 is 10.6 Å². The number of carbonyl (C=O) groups is 2. The van der Waals surface area contributed by atoms with E-state index in [1.165, 1.54) is 0 Å². The van der Waals surface area contributed by atoms with E-state index < -0.39 is 0 Å². The number of urea groups is 1. The highest BCUT2D eigenvalue weighted by atomic mass is 16.2. The Morgan fingerprint density at radius 3 is 2.76 bits per heavy atom. The maximum absolute atomic E-state index is 12.4. The van der Waals surface area contributed by atoms with Gasteiger partial charge in [-0.05, 0) is 42.7 Å². The number of carbonyl (C=O) groups excluding carboxylic acids is 2. The molecule has 1 fully saturated rings. The Morgan fingerprint density at radius 2 is 2.04 bits per heavy atom. The minimum atomic E-state index is -0.00450. The topological polar surface area (TPSA) is 61.4 Å². The van der Waals surface area contributed by atoms with Crippen molar-refractivity contribution in [1.82, 2.24) is 10.2 Å². The van der Waals surface area contributed by atoms with Crippen LogP contribution in [0.4, 0.5) is 10.5 Å². The molecule has 1 aromatic carbocycles. The molecule has 0 aromatic heterocycles. The summed E-state index contributed by atoms with van der Waals surface area (Å²) in [5, 5.41) is 6.00. The number of piperidine rings is 1. The van der Waals surface area contributed by atoms with E-state index in [0.717, 1.165) is 37.1 Å². The van der Waals surface area contributed by atoms with Crippen molar-refractivity contribution < 1.29 is 9.59 Å². The third-order valence-corrected chi connectivity index (χ3v) is 4.61. The van der Waals surface area contributed by atoms with E-state index in [4.69, 9.17) is 0 Å². The molecule has 0 radical (unpaired) electrons. The Kier molecular flexibility index (Phi) is 7.29. The van der Waals surface area contributed by atoms with Crippen molar-refractivity contribution in [2.45, 2.75) is 46.5 Å². The van der Waals surface area contributed by atoms with E-state index >= 15 is 0 Å². The number of amides is 3. The fourth-order valence-electron chi connectivity index (χ4n) is 3.23. The average Bonchev–Trinajstić information content (AvgIpc) is 2.60. The summed E-state index contributed by atoms with van der Waals surface area (Å²) in [4.78, 5) is 26.5. The number of aryl methyl sites for hydroxylation is 1. The molecule has 0 saturated carbocycles. The zero-order valence-electron chi connectivity index (χ0n) is 15.7. The zero-order chi connectivity index (χ0) is 18.2. The predicted octanol–water partition coefficient (Wildman–Crippen LogP) is 3.66. The number of hydrogen-bond donors (Lipinski definition) is 2. The lowest BCUT2D eigenvalue weighted by molar-refractivity contribution is -0.117. The summed E-state index contributed by atoms with van der Waals surface area (Å²) in [6, 6.07) is 7.91. The van der Waals surface area contributed by atoms with Crippen molar-refractivity contribution in [2.24, 2.45) is 11.8 Å². The Hall–Kier alpha value is -2.04. The number of benzene rings is 1. The van der Waals surface area contributed by atoms with Crippen LogP contribution in [-0.2, 0) is 11.2 Å². The number of rotatable bonds is 6. The molecule has 2 N–H and O–H groups in total. The summed E-state index contributed by atoms with van der Waals surface area (Å²) in [7, 11) is 0. The van der Waals surface area contributed by atoms with Crippen molar-refractivity contribution in [2.75, 3.05) is 25.0 Å². The van der Waals surface area contributed by atoms with Crippen LogP contribution in [0.1, 0.15) is 45.6 Å². The number of nitrogens with one attached hydrogen (secondary N) is 2. The molecule has 0 aliphatic carbocycles. The first kappa shape index (κ1) is 19.3. The molecule has 1 atom stereocenters. The molecule has 5 nitrogen and oxygen atoms in total. The molecule has 1 heterocycles. The van der Waals surface area contributed by atoms with Gasteiger partial charge in [0, 0.05) is 31.7 Å². The lowest BCUT2D eigenvalue weighted by Crippen LogP contribution is -2.46. The molecule has 1 aliphatic rings. The quantitative estimate of drug-likeness (QED) is 0.826. The van der Waals surface area contributed by atoms with Gasteiger partial charge in [0.25, 0.3) is 0 Å². The van der Waals surface area contributed by atoms with Crippen LogP contribution in [0.3, 0.4) is 0 Å². The van der Waals surface area contributed by atoms with Gasteiger partial charge in [0.1, 0.15) is 0 Å². The number of nitrogens with zero attached hydrogens (tertiary/aromatic N) is 1. The van der Waals surface area contributed by atoms with Crippen molar-refractivity contribution in [3.63, 3.8) is 0 Å². The fraction of sp³-hybridized carbons (Fsp3) is 0.600. The second-order valence-electron chi connectivity index (χ2n) is 7.30. The molecule has 25 heavy (non-hydrogen) atoms. The standard InChI is InChI=1S/C20H31N3O2/c1-4-17-9-5-6-10-18(17)22-19(24)12-16-8-7-11-23(14-16)20(25)21-13-15(2)3/h5-6,9-10,15-16H,4,7-8,11-14H2,1-3H3,(H,21,25)(H,22,24)/t16-/m0/s1. The van der Waals surface area contributed by atoms with Crippen LogP contribution in [-0.4, -0.2) is 36.5 Å². The van der Waals surface area contributed by atoms with Gasteiger partial charge in [-0.25, -0.2) is 4.79 Å². The number of likely N-dealkylation sites (tertiary alicyclic amines) is 1. The Morgan fingerprint density at radius 1 is 1.28 bits per heavy atom. The SMILES string of the molecule is CCc1ccccc1NC(=O)C[C@@H]1CCCN(C(=O)NCC(C)C)C1. The van der Waals surface area contributed by atoms with E-state index in [2.05, 4.69) is 31.4 Å². The van der Waals surface area contributed by atoms with Gasteiger partial charge >= 0.3 is 6.03 Å². The molecular formula is C20H31N3O2. The number of anilines is 1. The molecule has 0 unspecified atom stereocenters. The molecule has 3 amide bonds. The van der Waals surface area contributed by atoms with Crippen LogP contribution in [0.2, 0.25) is 0 Å². The predicted molar refractivity (Wildman–Crippen MR) is 102 cm³/mol. The average molecular weight is 345 g/mol. The maximum Gasteiger partial charge on any atom is 0.317 e. The first-order valence-electron chi connectivity index (χ1n) is 9.40. The van der Waals surface area contributed by atoms with Gasteiger partial charge in [-0.2, -0.15) is 0 Å². The van der Waals surface area contributed by atoms with Gasteiger partial charge < -0.3 is 15.5 Å². The largest absolute Gasteiger partial charge is 0.338 e. The third-order valence-electron chi connectivity index (χ3n) is 4.61. The van der Waals surface area contributed by atoms with Crippen LogP contribution in [0.5, 0.6) is 0 Å². The summed E-state index contributed by atoms with van der Waals surface area (Å²) < 4.78 is 0. The van der Waals surface area contributed by atoms with Crippen molar-refractivity contribution in [3.8, 4) is 0 Å². The second kappa shape index (κ2) is 9.44. The molecule has 1 aliphatic heterocycles. The van der Waals surface area contributed by atoms with Crippen LogP contribution in [0.15, 0.2) is 24.3 Å². The summed E-state index contributed by atoms with van der Waals surface area (Å²) in [6.45, 7) is 8.37. The van der Waals surface area contributed by atoms with Crippen molar-refractivity contribution in [3.05, 3.63) is 29.8 Å². The summed E-state index contributed by atoms with van der Waals surface area (Å²) >= 11 is 0. The Balaban J connectivity index is 1.85. The molecule has 1 aromatic rings. The van der Waals surface area contributed by atoms with Gasteiger partial charge in [0.05, 0.1) is 0 Å². The lowest BCUT2D eigenvalue weighted by atomic mass is 9.94. The van der Waals surface area contributed by atoms with E-state index in [0.29, 0.717) is 25.4 Å². The van der Waals surface area contributed by atoms with Crippen molar-refractivity contribution in [1.29, 1.82) is 0 Å². The van der Waals surface area contributed by atoms with Crippen LogP contribution in [0.25, 0.3) is 0 Å². The fourth-order valence-corrected chi connectivity index (χ4v) is 3.23. The molecule has 5 heteroatoms. The summed E-state index contributed by atoms with van der Waals surface area (Å²) in [6.07, 6.45) is 3.31. The molecule has 138 valence electrons. The van der Waals surface area contributed by atoms with Crippen LogP contribution >= 0.6 is 0 Å². The van der Waals surface area contributed by atoms with Gasteiger partial charge in [0.2, 0.25) is 5.91 Å². The normalized spacial score (nSPS) is 17.4. The molecular weight excluding hydrogens is 314 g/mol. The van der Waals surface area contributed by atoms with Gasteiger partial charge in [0.15, 0.2) is 0 Å². The van der Waals surface area contributed by atoms with E-state index in [9.17, 15) is 9.59 Å². The number of hydrogen-bond acceptors (Lipinski definition) is 2. The molecule has 1 saturated heterocycles.